The monoisotopic (exact) mass is 292 g/mol. The number of ether oxygens (including phenoxy) is 1. The highest BCUT2D eigenvalue weighted by atomic mass is 32.2. The number of carboxylic acids is 1. The molecule has 1 saturated heterocycles. The summed E-state index contributed by atoms with van der Waals surface area (Å²) in [6, 6.07) is -1.63. The van der Waals surface area contributed by atoms with E-state index in [0.29, 0.717) is 12.4 Å². The molecule has 1 aliphatic heterocycles. The predicted octanol–water partition coefficient (Wildman–Crippen LogP) is -1.04. The smallest absolute Gasteiger partial charge is 0.324 e. The van der Waals surface area contributed by atoms with E-state index in [9.17, 15) is 9.59 Å². The van der Waals surface area contributed by atoms with E-state index in [0.717, 1.165) is 0 Å². The van der Waals surface area contributed by atoms with E-state index in [1.165, 1.54) is 23.8 Å². The van der Waals surface area contributed by atoms with Crippen molar-refractivity contribution in [3.63, 3.8) is 0 Å². The molecule has 3 N–H and O–H groups in total. The van der Waals surface area contributed by atoms with E-state index in [-0.39, 0.29) is 5.78 Å². The quantitative estimate of drug-likeness (QED) is 0.366. The van der Waals surface area contributed by atoms with Gasteiger partial charge in [-0.25, -0.2) is 10.4 Å². The Balaban J connectivity index is 2.67. The van der Waals surface area contributed by atoms with E-state index in [2.05, 4.69) is 5.43 Å². The van der Waals surface area contributed by atoms with Crippen molar-refractivity contribution in [3.05, 3.63) is 0 Å². The molecule has 0 aromatic carbocycles. The van der Waals surface area contributed by atoms with Crippen LogP contribution in [0.4, 0.5) is 0 Å². The van der Waals surface area contributed by atoms with E-state index < -0.39 is 30.3 Å². The molecule has 0 aromatic heterocycles. The molecule has 3 atom stereocenters. The molecule has 19 heavy (non-hydrogen) atoms. The van der Waals surface area contributed by atoms with Gasteiger partial charge < -0.3 is 14.9 Å². The summed E-state index contributed by atoms with van der Waals surface area (Å²) in [4.78, 5) is 23.1. The lowest BCUT2D eigenvalue weighted by atomic mass is 10.0. The first-order valence-corrected chi connectivity index (χ1v) is 7.25. The maximum absolute atomic E-state index is 12.2. The Morgan fingerprint density at radius 3 is 2.53 bits per heavy atom. The van der Waals surface area contributed by atoms with Crippen LogP contribution in [0.25, 0.3) is 0 Å². The Kier molecular flexibility index (Phi) is 5.75. The topological polar surface area (TPSA) is 102 Å². The van der Waals surface area contributed by atoms with Crippen molar-refractivity contribution in [1.29, 1.82) is 0 Å². The second kappa shape index (κ2) is 6.67. The summed E-state index contributed by atoms with van der Waals surface area (Å²) < 4.78 is 5.12. The molecule has 7 nitrogen and oxygen atoms in total. The number of carbonyl (C=O) groups is 2. The first-order chi connectivity index (χ1) is 8.85. The SMILES string of the molecule is CSC[C@H](NN(C)[C@@H](CO)C(=O)O)C(=O)C1(C)CO1. The minimum Gasteiger partial charge on any atom is -0.480 e. The fraction of sp³-hybridized carbons (Fsp3) is 0.818. The van der Waals surface area contributed by atoms with Gasteiger partial charge in [0.25, 0.3) is 0 Å². The molecule has 0 saturated carbocycles. The van der Waals surface area contributed by atoms with Gasteiger partial charge in [0.15, 0.2) is 5.78 Å². The van der Waals surface area contributed by atoms with Crippen LogP contribution in [-0.2, 0) is 14.3 Å². The molecule has 8 heteroatoms. The number of nitrogens with zero attached hydrogens (tertiary/aromatic N) is 1. The first-order valence-electron chi connectivity index (χ1n) is 5.85. The average molecular weight is 292 g/mol. The number of rotatable bonds is 9. The van der Waals surface area contributed by atoms with Crippen molar-refractivity contribution in [3.8, 4) is 0 Å². The highest BCUT2D eigenvalue weighted by Crippen LogP contribution is 2.28. The first kappa shape index (κ1) is 16.4. The van der Waals surface area contributed by atoms with Crippen LogP contribution in [0, 0.1) is 0 Å². The number of ketones is 1. The van der Waals surface area contributed by atoms with E-state index >= 15 is 0 Å². The number of thioether (sulfide) groups is 1. The normalized spacial score (nSPS) is 25.1. The molecule has 1 unspecified atom stereocenters. The average Bonchev–Trinajstić information content (AvgIpc) is 3.07. The van der Waals surface area contributed by atoms with Gasteiger partial charge in [-0.2, -0.15) is 11.8 Å². The van der Waals surface area contributed by atoms with Gasteiger partial charge in [0.05, 0.1) is 19.3 Å². The molecule has 1 rings (SSSR count). The molecule has 0 spiro atoms. The Morgan fingerprint density at radius 1 is 1.58 bits per heavy atom. The number of aliphatic carboxylic acids is 1. The molecule has 0 amide bonds. The number of nitrogens with one attached hydrogen (secondary N) is 1. The summed E-state index contributed by atoms with van der Waals surface area (Å²) in [5.74, 6) is -0.752. The zero-order chi connectivity index (χ0) is 14.6. The molecule has 110 valence electrons. The number of likely N-dealkylation sites (N-methyl/N-ethyl adjacent to an activating group) is 1. The highest BCUT2D eigenvalue weighted by molar-refractivity contribution is 7.98. The van der Waals surface area contributed by atoms with Crippen molar-refractivity contribution in [1.82, 2.24) is 10.4 Å². The highest BCUT2D eigenvalue weighted by Gasteiger charge is 2.50. The summed E-state index contributed by atoms with van der Waals surface area (Å²) in [6.07, 6.45) is 1.86. The lowest BCUT2D eigenvalue weighted by Crippen LogP contribution is -2.57. The number of hydrazine groups is 1. The molecule has 1 heterocycles. The number of hydrogen-bond acceptors (Lipinski definition) is 7. The second-order valence-electron chi connectivity index (χ2n) is 4.67. The Hall–Kier alpha value is -0.670. The minimum absolute atomic E-state index is 0.101. The molecular formula is C11H20N2O5S. The van der Waals surface area contributed by atoms with Gasteiger partial charge in [0, 0.05) is 12.8 Å². The van der Waals surface area contributed by atoms with Crippen LogP contribution in [0.3, 0.4) is 0 Å². The summed E-state index contributed by atoms with van der Waals surface area (Å²) in [5.41, 5.74) is 2.08. The van der Waals surface area contributed by atoms with Crippen LogP contribution < -0.4 is 5.43 Å². The molecular weight excluding hydrogens is 272 g/mol. The van der Waals surface area contributed by atoms with E-state index in [1.807, 2.05) is 6.26 Å². The van der Waals surface area contributed by atoms with Crippen LogP contribution in [0.2, 0.25) is 0 Å². The Morgan fingerprint density at radius 2 is 2.16 bits per heavy atom. The van der Waals surface area contributed by atoms with Crippen LogP contribution in [0.1, 0.15) is 6.92 Å². The fourth-order valence-corrected chi connectivity index (χ4v) is 2.22. The predicted molar refractivity (Wildman–Crippen MR) is 70.9 cm³/mol. The molecule has 0 aromatic rings. The lowest BCUT2D eigenvalue weighted by Gasteiger charge is -2.29. The van der Waals surface area contributed by atoms with Crippen LogP contribution in [0.5, 0.6) is 0 Å². The van der Waals surface area contributed by atoms with Crippen molar-refractivity contribution in [2.45, 2.75) is 24.6 Å². The summed E-state index contributed by atoms with van der Waals surface area (Å²) in [5, 5.41) is 19.2. The summed E-state index contributed by atoms with van der Waals surface area (Å²) >= 11 is 1.48. The number of carbonyl (C=O) groups excluding carboxylic acids is 1. The standard InChI is InChI=1S/C11H20N2O5S/c1-11(6-18-11)9(15)7(5-19-3)12-13(2)8(4-14)10(16)17/h7-8,12,14H,4-6H2,1-3H3,(H,16,17)/t7-,8-,11?/m0/s1. The van der Waals surface area contributed by atoms with E-state index in [4.69, 9.17) is 14.9 Å². The number of carboxylic acid groups (broad SMARTS) is 1. The number of epoxide rings is 1. The van der Waals surface area contributed by atoms with Gasteiger partial charge in [0.2, 0.25) is 0 Å². The number of hydrogen-bond donors (Lipinski definition) is 3. The van der Waals surface area contributed by atoms with Gasteiger partial charge in [0.1, 0.15) is 11.6 Å². The van der Waals surface area contributed by atoms with Gasteiger partial charge in [-0.05, 0) is 13.2 Å². The zero-order valence-electron chi connectivity index (χ0n) is 11.3. The Labute approximate surface area is 116 Å². The summed E-state index contributed by atoms with van der Waals surface area (Å²) in [7, 11) is 1.49. The molecule has 0 bridgehead atoms. The molecule has 0 radical (unpaired) electrons. The van der Waals surface area contributed by atoms with E-state index in [1.54, 1.807) is 6.92 Å². The van der Waals surface area contributed by atoms with Gasteiger partial charge in [-0.15, -0.1) is 0 Å². The third-order valence-electron chi connectivity index (χ3n) is 3.03. The zero-order valence-corrected chi connectivity index (χ0v) is 12.1. The van der Waals surface area contributed by atoms with Crippen molar-refractivity contribution >= 4 is 23.5 Å². The number of aliphatic hydroxyl groups excluding tert-OH is 1. The lowest BCUT2D eigenvalue weighted by molar-refractivity contribution is -0.146. The van der Waals surface area contributed by atoms with Crippen LogP contribution in [-0.4, -0.2) is 76.9 Å². The number of Topliss-reactive ketones (excluding diaryl/α,β-unsaturated/α-hetero) is 1. The van der Waals surface area contributed by atoms with Gasteiger partial charge in [-0.1, -0.05) is 0 Å². The third-order valence-corrected chi connectivity index (χ3v) is 3.70. The second-order valence-corrected chi connectivity index (χ2v) is 5.58. The van der Waals surface area contributed by atoms with Gasteiger partial charge in [-0.3, -0.25) is 9.59 Å². The Bertz CT molecular complexity index is 348. The summed E-state index contributed by atoms with van der Waals surface area (Å²) in [6.45, 7) is 1.57. The minimum atomic E-state index is -1.15. The maximum atomic E-state index is 12.2. The largest absolute Gasteiger partial charge is 0.480 e. The van der Waals surface area contributed by atoms with Crippen LogP contribution >= 0.6 is 11.8 Å². The molecule has 0 aliphatic carbocycles. The third kappa shape index (κ3) is 4.15. The fourth-order valence-electron chi connectivity index (χ4n) is 1.66. The van der Waals surface area contributed by atoms with Crippen molar-refractivity contribution in [2.75, 3.05) is 32.3 Å². The van der Waals surface area contributed by atoms with Crippen LogP contribution in [0.15, 0.2) is 0 Å². The molecule has 1 fully saturated rings. The van der Waals surface area contributed by atoms with Crippen molar-refractivity contribution in [2.24, 2.45) is 0 Å². The number of aliphatic hydroxyl groups is 1. The maximum Gasteiger partial charge on any atom is 0.324 e. The van der Waals surface area contributed by atoms with Crippen molar-refractivity contribution < 1.29 is 24.5 Å². The van der Waals surface area contributed by atoms with Gasteiger partial charge >= 0.3 is 5.97 Å². The molecule has 1 aliphatic rings.